The summed E-state index contributed by atoms with van der Waals surface area (Å²) in [4.78, 5) is 5.33. The van der Waals surface area contributed by atoms with Crippen LogP contribution in [0, 0.1) is 0 Å². The number of rotatable bonds is 4. The molecule has 11 rings (SSSR count). The highest BCUT2D eigenvalue weighted by atomic mass is 15.0. The highest BCUT2D eigenvalue weighted by molar-refractivity contribution is 6.25. The van der Waals surface area contributed by atoms with E-state index in [9.17, 15) is 0 Å². The third-order valence-corrected chi connectivity index (χ3v) is 10.7. The number of benzene rings is 8. The van der Waals surface area contributed by atoms with Crippen molar-refractivity contribution in [1.82, 2.24) is 14.1 Å². The quantitative estimate of drug-likeness (QED) is 0.172. The van der Waals surface area contributed by atoms with Gasteiger partial charge in [0.1, 0.15) is 0 Å². The monoisotopic (exact) mass is 661 g/mol. The van der Waals surface area contributed by atoms with Crippen LogP contribution in [0.5, 0.6) is 0 Å². The first-order chi connectivity index (χ1) is 25.8. The molecule has 0 saturated heterocycles. The van der Waals surface area contributed by atoms with Gasteiger partial charge in [0.25, 0.3) is 0 Å². The van der Waals surface area contributed by atoms with Gasteiger partial charge in [0.05, 0.1) is 33.3 Å². The zero-order valence-corrected chi connectivity index (χ0v) is 28.2. The first-order valence-corrected chi connectivity index (χ1v) is 17.8. The van der Waals surface area contributed by atoms with Crippen molar-refractivity contribution in [3.8, 4) is 33.8 Å². The molecule has 0 atom stereocenters. The molecule has 11 aromatic rings. The number of para-hydroxylation sites is 4. The molecule has 0 saturated carbocycles. The van der Waals surface area contributed by atoms with Crippen LogP contribution in [-0.2, 0) is 0 Å². The average Bonchev–Trinajstić information content (AvgIpc) is 3.74. The maximum Gasteiger partial charge on any atom is 0.0809 e. The number of aromatic nitrogens is 3. The van der Waals surface area contributed by atoms with Crippen molar-refractivity contribution < 1.29 is 0 Å². The van der Waals surface area contributed by atoms with Gasteiger partial charge in [0.2, 0.25) is 0 Å². The summed E-state index contributed by atoms with van der Waals surface area (Å²) in [5.41, 5.74) is 12.6. The lowest BCUT2D eigenvalue weighted by molar-refractivity contribution is 1.18. The average molecular weight is 662 g/mol. The molecular formula is C49H31N3. The maximum atomic E-state index is 5.33. The molecule has 52 heavy (non-hydrogen) atoms. The molecule has 0 fully saturated rings. The minimum atomic E-state index is 1.00. The van der Waals surface area contributed by atoms with Crippen LogP contribution in [0.15, 0.2) is 188 Å². The van der Waals surface area contributed by atoms with Crippen molar-refractivity contribution >= 4 is 65.3 Å². The molecule has 0 aliphatic heterocycles. The Kier molecular flexibility index (Phi) is 6.25. The number of fused-ring (bicyclic) bond motifs is 10. The summed E-state index contributed by atoms with van der Waals surface area (Å²) in [6, 6.07) is 67.8. The molecule has 0 amide bonds. The number of nitrogens with zero attached hydrogens (tertiary/aromatic N) is 3. The van der Waals surface area contributed by atoms with E-state index in [4.69, 9.17) is 4.98 Å². The molecule has 3 nitrogen and oxygen atoms in total. The van der Waals surface area contributed by atoms with Gasteiger partial charge in [-0.2, -0.15) is 0 Å². The zero-order chi connectivity index (χ0) is 34.2. The first kappa shape index (κ1) is 28.8. The topological polar surface area (TPSA) is 22.8 Å². The van der Waals surface area contributed by atoms with Crippen molar-refractivity contribution in [3.05, 3.63) is 188 Å². The Bertz CT molecular complexity index is 3150. The molecule has 0 spiro atoms. The molecule has 0 bridgehead atoms. The molecule has 3 heterocycles. The lowest BCUT2D eigenvalue weighted by atomic mass is 9.97. The van der Waals surface area contributed by atoms with Crippen LogP contribution in [0.3, 0.4) is 0 Å². The second-order valence-corrected chi connectivity index (χ2v) is 13.5. The molecular weight excluding hydrogens is 631 g/mol. The van der Waals surface area contributed by atoms with Gasteiger partial charge < -0.3 is 9.13 Å². The fourth-order valence-electron chi connectivity index (χ4n) is 8.38. The minimum Gasteiger partial charge on any atom is -0.309 e. The molecule has 3 aromatic heterocycles. The van der Waals surface area contributed by atoms with Gasteiger partial charge in [0, 0.05) is 49.3 Å². The van der Waals surface area contributed by atoms with E-state index in [2.05, 4.69) is 197 Å². The summed E-state index contributed by atoms with van der Waals surface area (Å²) in [6.45, 7) is 0. The van der Waals surface area contributed by atoms with Crippen LogP contribution >= 0.6 is 0 Å². The van der Waals surface area contributed by atoms with Crippen molar-refractivity contribution in [1.29, 1.82) is 0 Å². The van der Waals surface area contributed by atoms with Crippen molar-refractivity contribution in [2.45, 2.75) is 0 Å². The van der Waals surface area contributed by atoms with Gasteiger partial charge in [-0.1, -0.05) is 133 Å². The molecule has 0 radical (unpaired) electrons. The molecule has 0 unspecified atom stereocenters. The molecule has 242 valence electrons. The lowest BCUT2D eigenvalue weighted by Gasteiger charge is -2.15. The summed E-state index contributed by atoms with van der Waals surface area (Å²) in [7, 11) is 0. The first-order valence-electron chi connectivity index (χ1n) is 17.8. The second kappa shape index (κ2) is 11.3. The Morgan fingerprint density at radius 2 is 0.885 bits per heavy atom. The molecule has 0 aliphatic carbocycles. The Morgan fingerprint density at radius 1 is 0.327 bits per heavy atom. The standard InChI is InChI=1S/C49H31N3/c1-3-13-33(14-4-1)48-47-40(37-17-7-10-20-43(37)50-48)28-29-41-38-18-8-12-22-45(38)52(49(41)47)36-26-23-32(24-27-36)34-25-30-46-42(31-34)39-19-9-11-21-44(39)51(46)35-15-5-2-6-16-35/h1-31H. The van der Waals surface area contributed by atoms with Crippen LogP contribution in [0.2, 0.25) is 0 Å². The van der Waals surface area contributed by atoms with Gasteiger partial charge in [0.15, 0.2) is 0 Å². The predicted octanol–water partition coefficient (Wildman–Crippen LogP) is 12.9. The Morgan fingerprint density at radius 3 is 1.65 bits per heavy atom. The van der Waals surface area contributed by atoms with Crippen molar-refractivity contribution in [3.63, 3.8) is 0 Å². The Hall–Kier alpha value is -6.97. The lowest BCUT2D eigenvalue weighted by Crippen LogP contribution is -1.97. The van der Waals surface area contributed by atoms with Crippen LogP contribution in [-0.4, -0.2) is 14.1 Å². The van der Waals surface area contributed by atoms with E-state index in [1.807, 2.05) is 0 Å². The highest BCUT2D eigenvalue weighted by Crippen LogP contribution is 2.42. The number of hydrogen-bond acceptors (Lipinski definition) is 1. The smallest absolute Gasteiger partial charge is 0.0809 e. The van der Waals surface area contributed by atoms with E-state index in [-0.39, 0.29) is 0 Å². The van der Waals surface area contributed by atoms with Gasteiger partial charge in [-0.15, -0.1) is 0 Å². The fourth-order valence-corrected chi connectivity index (χ4v) is 8.38. The van der Waals surface area contributed by atoms with E-state index >= 15 is 0 Å². The van der Waals surface area contributed by atoms with Crippen molar-refractivity contribution in [2.24, 2.45) is 0 Å². The molecule has 8 aromatic carbocycles. The van der Waals surface area contributed by atoms with E-state index in [0.29, 0.717) is 0 Å². The summed E-state index contributed by atoms with van der Waals surface area (Å²) in [6.07, 6.45) is 0. The van der Waals surface area contributed by atoms with Crippen molar-refractivity contribution in [2.75, 3.05) is 0 Å². The van der Waals surface area contributed by atoms with Gasteiger partial charge in [-0.3, -0.25) is 0 Å². The fraction of sp³-hybridized carbons (Fsp3) is 0. The summed E-state index contributed by atoms with van der Waals surface area (Å²) >= 11 is 0. The van der Waals surface area contributed by atoms with E-state index < -0.39 is 0 Å². The third-order valence-electron chi connectivity index (χ3n) is 10.7. The van der Waals surface area contributed by atoms with Crippen LogP contribution in [0.25, 0.3) is 99.0 Å². The van der Waals surface area contributed by atoms with Gasteiger partial charge >= 0.3 is 0 Å². The van der Waals surface area contributed by atoms with Gasteiger partial charge in [-0.05, 0) is 71.1 Å². The van der Waals surface area contributed by atoms with E-state index in [1.165, 1.54) is 71.2 Å². The van der Waals surface area contributed by atoms with Crippen LogP contribution in [0.4, 0.5) is 0 Å². The SMILES string of the molecule is c1ccc(-c2nc3ccccc3c3ccc4c5ccccc5n(-c5ccc(-c6ccc7c(c6)c6ccccc6n7-c6ccccc6)cc5)c4c23)cc1. The normalized spacial score (nSPS) is 11.8. The maximum absolute atomic E-state index is 5.33. The van der Waals surface area contributed by atoms with Crippen LogP contribution < -0.4 is 0 Å². The second-order valence-electron chi connectivity index (χ2n) is 13.5. The molecule has 0 N–H and O–H groups in total. The predicted molar refractivity (Wildman–Crippen MR) is 219 cm³/mol. The molecule has 0 aliphatic rings. The highest BCUT2D eigenvalue weighted by Gasteiger charge is 2.20. The Balaban J connectivity index is 1.13. The summed E-state index contributed by atoms with van der Waals surface area (Å²) in [5.74, 6) is 0. The summed E-state index contributed by atoms with van der Waals surface area (Å²) in [5, 5.41) is 8.51. The van der Waals surface area contributed by atoms with E-state index in [1.54, 1.807) is 0 Å². The largest absolute Gasteiger partial charge is 0.309 e. The minimum absolute atomic E-state index is 1.00. The summed E-state index contributed by atoms with van der Waals surface area (Å²) < 4.78 is 4.81. The van der Waals surface area contributed by atoms with E-state index in [0.717, 1.165) is 27.8 Å². The zero-order valence-electron chi connectivity index (χ0n) is 28.2. The Labute approximate surface area is 300 Å². The number of pyridine rings is 1. The number of hydrogen-bond donors (Lipinski definition) is 0. The third kappa shape index (κ3) is 4.23. The molecule has 3 heteroatoms. The van der Waals surface area contributed by atoms with Gasteiger partial charge in [-0.25, -0.2) is 4.98 Å². The van der Waals surface area contributed by atoms with Crippen LogP contribution in [0.1, 0.15) is 0 Å².